The second-order valence-electron chi connectivity index (χ2n) is 4.98. The average molecular weight is 221 g/mol. The van der Waals surface area contributed by atoms with Crippen molar-refractivity contribution in [1.82, 2.24) is 4.90 Å². The molecule has 1 aromatic carbocycles. The highest BCUT2D eigenvalue weighted by atomic mass is 16.3. The van der Waals surface area contributed by atoms with E-state index in [0.717, 1.165) is 31.5 Å². The molecule has 1 saturated heterocycles. The number of likely N-dealkylation sites (tertiary alicyclic amines) is 1. The summed E-state index contributed by atoms with van der Waals surface area (Å²) in [6.45, 7) is 4.42. The number of phenolic OH excluding ortho intramolecular Hbond substituents is 1. The Hall–Kier alpha value is -1.06. The Morgan fingerprint density at radius 1 is 1.44 bits per heavy atom. The first-order chi connectivity index (χ1) is 7.55. The molecule has 1 aliphatic heterocycles. The number of β-amino-alcohol motifs (C(OH)–C–C–N with tert-alkyl or cyclic N) is 1. The van der Waals surface area contributed by atoms with Gasteiger partial charge in [0.05, 0.1) is 5.60 Å². The predicted octanol–water partition coefficient (Wildman–Crippen LogP) is 1.74. The van der Waals surface area contributed by atoms with Gasteiger partial charge in [-0.05, 0) is 44.0 Å². The summed E-state index contributed by atoms with van der Waals surface area (Å²) in [6, 6.07) is 7.31. The average Bonchev–Trinajstić information content (AvgIpc) is 2.15. The number of hydrogen-bond acceptors (Lipinski definition) is 3. The van der Waals surface area contributed by atoms with Gasteiger partial charge in [0.25, 0.3) is 0 Å². The van der Waals surface area contributed by atoms with E-state index in [2.05, 4.69) is 4.90 Å². The molecule has 1 atom stereocenters. The Morgan fingerprint density at radius 3 is 2.94 bits per heavy atom. The van der Waals surface area contributed by atoms with Crippen LogP contribution in [0.5, 0.6) is 5.75 Å². The minimum atomic E-state index is -0.560. The van der Waals surface area contributed by atoms with Crippen LogP contribution in [0.1, 0.15) is 25.3 Å². The first kappa shape index (κ1) is 11.4. The first-order valence-electron chi connectivity index (χ1n) is 5.78. The molecule has 1 aliphatic rings. The third kappa shape index (κ3) is 2.97. The molecule has 1 aromatic rings. The Balaban J connectivity index is 1.99. The SMILES string of the molecule is CC1(O)CCCN(Cc2cccc(O)c2)C1. The van der Waals surface area contributed by atoms with Crippen LogP contribution in [-0.2, 0) is 6.54 Å². The topological polar surface area (TPSA) is 43.7 Å². The summed E-state index contributed by atoms with van der Waals surface area (Å²) in [4.78, 5) is 2.23. The lowest BCUT2D eigenvalue weighted by Crippen LogP contribution is -2.45. The van der Waals surface area contributed by atoms with Gasteiger partial charge in [-0.15, -0.1) is 0 Å². The number of nitrogens with zero attached hydrogens (tertiary/aromatic N) is 1. The first-order valence-corrected chi connectivity index (χ1v) is 5.78. The molecule has 2 N–H and O–H groups in total. The van der Waals surface area contributed by atoms with Crippen LogP contribution in [0.25, 0.3) is 0 Å². The Morgan fingerprint density at radius 2 is 2.25 bits per heavy atom. The molecule has 0 aliphatic carbocycles. The van der Waals surface area contributed by atoms with Gasteiger partial charge in [0.15, 0.2) is 0 Å². The van der Waals surface area contributed by atoms with Crippen LogP contribution < -0.4 is 0 Å². The molecule has 2 rings (SSSR count). The van der Waals surface area contributed by atoms with Gasteiger partial charge in [0.1, 0.15) is 5.75 Å². The maximum absolute atomic E-state index is 9.99. The summed E-state index contributed by atoms with van der Waals surface area (Å²) in [5, 5.41) is 19.4. The lowest BCUT2D eigenvalue weighted by Gasteiger charge is -2.36. The fourth-order valence-corrected chi connectivity index (χ4v) is 2.37. The molecule has 3 heteroatoms. The molecule has 0 amide bonds. The molecule has 0 spiro atoms. The van der Waals surface area contributed by atoms with Crippen LogP contribution in [0, 0.1) is 0 Å². The normalized spacial score (nSPS) is 26.9. The van der Waals surface area contributed by atoms with E-state index in [-0.39, 0.29) is 0 Å². The summed E-state index contributed by atoms with van der Waals surface area (Å²) in [5.74, 6) is 0.307. The molecule has 0 saturated carbocycles. The van der Waals surface area contributed by atoms with E-state index >= 15 is 0 Å². The highest BCUT2D eigenvalue weighted by Gasteiger charge is 2.28. The third-order valence-electron chi connectivity index (χ3n) is 3.07. The van der Waals surface area contributed by atoms with Gasteiger partial charge < -0.3 is 10.2 Å². The van der Waals surface area contributed by atoms with E-state index in [4.69, 9.17) is 0 Å². The van der Waals surface area contributed by atoms with Crippen LogP contribution in [0.3, 0.4) is 0 Å². The molecular formula is C13H19NO2. The van der Waals surface area contributed by atoms with Crippen LogP contribution in [0.15, 0.2) is 24.3 Å². The molecular weight excluding hydrogens is 202 g/mol. The van der Waals surface area contributed by atoms with Crippen LogP contribution in [-0.4, -0.2) is 33.8 Å². The molecule has 3 nitrogen and oxygen atoms in total. The van der Waals surface area contributed by atoms with Gasteiger partial charge in [-0.1, -0.05) is 12.1 Å². The standard InChI is InChI=1S/C13H19NO2/c1-13(16)6-3-7-14(10-13)9-11-4-2-5-12(15)8-11/h2,4-5,8,15-16H,3,6-7,9-10H2,1H3. The van der Waals surface area contributed by atoms with Gasteiger partial charge in [0.2, 0.25) is 0 Å². The number of aromatic hydroxyl groups is 1. The maximum Gasteiger partial charge on any atom is 0.115 e. The minimum Gasteiger partial charge on any atom is -0.508 e. The largest absolute Gasteiger partial charge is 0.508 e. The number of benzene rings is 1. The van der Waals surface area contributed by atoms with Crippen molar-refractivity contribution in [2.24, 2.45) is 0 Å². The quantitative estimate of drug-likeness (QED) is 0.799. The summed E-state index contributed by atoms with van der Waals surface area (Å²) < 4.78 is 0. The van der Waals surface area contributed by atoms with Gasteiger partial charge in [-0.25, -0.2) is 0 Å². The second-order valence-corrected chi connectivity index (χ2v) is 4.98. The fourth-order valence-electron chi connectivity index (χ4n) is 2.37. The van der Waals surface area contributed by atoms with Crippen molar-refractivity contribution in [3.05, 3.63) is 29.8 Å². The zero-order valence-corrected chi connectivity index (χ0v) is 9.69. The molecule has 16 heavy (non-hydrogen) atoms. The molecule has 0 bridgehead atoms. The van der Waals surface area contributed by atoms with E-state index in [9.17, 15) is 10.2 Å². The number of phenols is 1. The van der Waals surface area contributed by atoms with E-state index in [1.54, 1.807) is 12.1 Å². The van der Waals surface area contributed by atoms with Gasteiger partial charge in [-0.2, -0.15) is 0 Å². The van der Waals surface area contributed by atoms with Crippen LogP contribution in [0.4, 0.5) is 0 Å². The second kappa shape index (κ2) is 4.44. The van der Waals surface area contributed by atoms with Gasteiger partial charge in [0, 0.05) is 13.1 Å². The lowest BCUT2D eigenvalue weighted by atomic mass is 9.95. The van der Waals surface area contributed by atoms with E-state index in [0.29, 0.717) is 12.3 Å². The van der Waals surface area contributed by atoms with Crippen molar-refractivity contribution in [3.63, 3.8) is 0 Å². The van der Waals surface area contributed by atoms with Crippen molar-refractivity contribution in [3.8, 4) is 5.75 Å². The number of piperidine rings is 1. The van der Waals surface area contributed by atoms with Gasteiger partial charge in [-0.3, -0.25) is 4.90 Å². The molecule has 0 radical (unpaired) electrons. The zero-order chi connectivity index (χ0) is 11.6. The fraction of sp³-hybridized carbons (Fsp3) is 0.538. The molecule has 0 aromatic heterocycles. The smallest absolute Gasteiger partial charge is 0.115 e. The van der Waals surface area contributed by atoms with Crippen LogP contribution >= 0.6 is 0 Å². The van der Waals surface area contributed by atoms with Crippen molar-refractivity contribution in [1.29, 1.82) is 0 Å². The number of hydrogen-bond donors (Lipinski definition) is 2. The summed E-state index contributed by atoms with van der Waals surface area (Å²) in [6.07, 6.45) is 1.91. The summed E-state index contributed by atoms with van der Waals surface area (Å²) in [7, 11) is 0. The highest BCUT2D eigenvalue weighted by molar-refractivity contribution is 5.27. The molecule has 1 fully saturated rings. The maximum atomic E-state index is 9.99. The van der Waals surface area contributed by atoms with Gasteiger partial charge >= 0.3 is 0 Å². The Kier molecular flexibility index (Phi) is 3.17. The number of aliphatic hydroxyl groups is 1. The lowest BCUT2D eigenvalue weighted by molar-refractivity contribution is -0.0181. The van der Waals surface area contributed by atoms with Crippen molar-refractivity contribution < 1.29 is 10.2 Å². The summed E-state index contributed by atoms with van der Waals surface area (Å²) >= 11 is 0. The van der Waals surface area contributed by atoms with Crippen molar-refractivity contribution in [2.45, 2.75) is 31.9 Å². The molecule has 1 unspecified atom stereocenters. The highest BCUT2D eigenvalue weighted by Crippen LogP contribution is 2.22. The van der Waals surface area contributed by atoms with E-state index in [1.165, 1.54) is 0 Å². The van der Waals surface area contributed by atoms with Crippen LogP contribution in [0.2, 0.25) is 0 Å². The van der Waals surface area contributed by atoms with Crippen molar-refractivity contribution >= 4 is 0 Å². The predicted molar refractivity (Wildman–Crippen MR) is 63.2 cm³/mol. The monoisotopic (exact) mass is 221 g/mol. The molecule has 1 heterocycles. The van der Waals surface area contributed by atoms with Crippen molar-refractivity contribution in [2.75, 3.05) is 13.1 Å². The molecule has 88 valence electrons. The van der Waals surface area contributed by atoms with E-state index < -0.39 is 5.60 Å². The third-order valence-corrected chi connectivity index (χ3v) is 3.07. The summed E-state index contributed by atoms with van der Waals surface area (Å²) in [5.41, 5.74) is 0.535. The Labute approximate surface area is 96.3 Å². The van der Waals surface area contributed by atoms with E-state index in [1.807, 2.05) is 19.1 Å². The zero-order valence-electron chi connectivity index (χ0n) is 9.69. The minimum absolute atomic E-state index is 0.307. The number of rotatable bonds is 2. The Bertz CT molecular complexity index is 363.